The molecule has 2 rings (SSSR count). The number of piperazine rings is 1. The summed E-state index contributed by atoms with van der Waals surface area (Å²) in [6, 6.07) is 0. The van der Waals surface area contributed by atoms with Gasteiger partial charge in [-0.15, -0.1) is 0 Å². The van der Waals surface area contributed by atoms with E-state index in [0.717, 1.165) is 64.8 Å². The van der Waals surface area contributed by atoms with Crippen LogP contribution in [0.2, 0.25) is 0 Å². The van der Waals surface area contributed by atoms with Crippen molar-refractivity contribution < 1.29 is 9.90 Å². The predicted octanol–water partition coefficient (Wildman–Crippen LogP) is 0.809. The van der Waals surface area contributed by atoms with Crippen LogP contribution in [0.5, 0.6) is 0 Å². The summed E-state index contributed by atoms with van der Waals surface area (Å²) in [5.41, 5.74) is 6.01. The van der Waals surface area contributed by atoms with E-state index in [1.54, 1.807) is 0 Å². The van der Waals surface area contributed by atoms with Crippen LogP contribution >= 0.6 is 0 Å². The Morgan fingerprint density at radius 2 is 2.00 bits per heavy atom. The summed E-state index contributed by atoms with van der Waals surface area (Å²) in [5, 5.41) is 9.72. The third-order valence-electron chi connectivity index (χ3n) is 5.18. The van der Waals surface area contributed by atoms with E-state index in [9.17, 15) is 9.90 Å². The highest BCUT2D eigenvalue weighted by atomic mass is 16.3. The summed E-state index contributed by atoms with van der Waals surface area (Å²) < 4.78 is 0. The number of aliphatic hydroxyl groups excluding tert-OH is 1. The zero-order chi connectivity index (χ0) is 15.5. The maximum Gasteiger partial charge on any atom is 0.227 e. The predicted molar refractivity (Wildman–Crippen MR) is 83.9 cm³/mol. The Balaban J connectivity index is 1.85. The van der Waals surface area contributed by atoms with Crippen LogP contribution in [0.4, 0.5) is 0 Å². The van der Waals surface area contributed by atoms with Gasteiger partial charge in [0.1, 0.15) is 0 Å². The monoisotopic (exact) mass is 297 g/mol. The minimum atomic E-state index is -0.342. The molecule has 0 radical (unpaired) electrons. The van der Waals surface area contributed by atoms with Crippen LogP contribution in [0.15, 0.2) is 0 Å². The minimum absolute atomic E-state index is 0.0148. The summed E-state index contributed by atoms with van der Waals surface area (Å²) in [6.07, 6.45) is 4.67. The van der Waals surface area contributed by atoms with Gasteiger partial charge in [0.15, 0.2) is 0 Å². The molecule has 1 aliphatic carbocycles. The van der Waals surface area contributed by atoms with Gasteiger partial charge < -0.3 is 15.7 Å². The van der Waals surface area contributed by atoms with Crippen LogP contribution in [0, 0.1) is 5.92 Å². The van der Waals surface area contributed by atoms with Gasteiger partial charge in [0.2, 0.25) is 5.91 Å². The Morgan fingerprint density at radius 3 is 2.57 bits per heavy atom. The first-order valence-electron chi connectivity index (χ1n) is 8.42. The first-order chi connectivity index (χ1) is 9.94. The van der Waals surface area contributed by atoms with Gasteiger partial charge in [-0.1, -0.05) is 19.8 Å². The Bertz CT molecular complexity index is 351. The third kappa shape index (κ3) is 4.18. The van der Waals surface area contributed by atoms with E-state index < -0.39 is 0 Å². The van der Waals surface area contributed by atoms with Crippen LogP contribution in [0.1, 0.15) is 46.0 Å². The van der Waals surface area contributed by atoms with Crippen molar-refractivity contribution in [1.82, 2.24) is 9.80 Å². The number of β-amino-alcohol motifs (C(OH)–C–C–N with tert-alkyl or cyclic N) is 1. The van der Waals surface area contributed by atoms with Gasteiger partial charge in [-0.25, -0.2) is 0 Å². The number of carbonyl (C=O) groups is 1. The zero-order valence-electron chi connectivity index (χ0n) is 13.6. The summed E-state index contributed by atoms with van der Waals surface area (Å²) in [6.45, 7) is 7.99. The molecule has 1 amide bonds. The van der Waals surface area contributed by atoms with Crippen LogP contribution < -0.4 is 5.73 Å². The second-order valence-electron chi connectivity index (χ2n) is 6.99. The van der Waals surface area contributed by atoms with E-state index in [1.807, 2.05) is 18.7 Å². The molecule has 2 fully saturated rings. The molecule has 0 bridgehead atoms. The Labute approximate surface area is 128 Å². The van der Waals surface area contributed by atoms with Gasteiger partial charge in [-0.05, 0) is 26.2 Å². The first-order valence-corrected chi connectivity index (χ1v) is 8.42. The van der Waals surface area contributed by atoms with E-state index in [1.165, 1.54) is 0 Å². The molecule has 0 aromatic carbocycles. The van der Waals surface area contributed by atoms with Gasteiger partial charge in [0.05, 0.1) is 12.0 Å². The van der Waals surface area contributed by atoms with Gasteiger partial charge >= 0.3 is 0 Å². The second kappa shape index (κ2) is 7.07. The molecule has 122 valence electrons. The van der Waals surface area contributed by atoms with E-state index in [-0.39, 0.29) is 23.5 Å². The van der Waals surface area contributed by atoms with Crippen molar-refractivity contribution in [3.63, 3.8) is 0 Å². The average molecular weight is 297 g/mol. The van der Waals surface area contributed by atoms with Crippen LogP contribution in [-0.2, 0) is 4.79 Å². The van der Waals surface area contributed by atoms with Crippen molar-refractivity contribution in [2.75, 3.05) is 32.7 Å². The Hall–Kier alpha value is -0.650. The minimum Gasteiger partial charge on any atom is -0.392 e. The highest BCUT2D eigenvalue weighted by Crippen LogP contribution is 2.33. The number of nitrogens with zero attached hydrogens (tertiary/aromatic N) is 2. The molecule has 1 saturated heterocycles. The van der Waals surface area contributed by atoms with Crippen molar-refractivity contribution >= 4 is 5.91 Å². The van der Waals surface area contributed by atoms with Crippen LogP contribution in [0.3, 0.4) is 0 Å². The van der Waals surface area contributed by atoms with Gasteiger partial charge in [0, 0.05) is 38.3 Å². The fourth-order valence-corrected chi connectivity index (χ4v) is 3.56. The smallest absolute Gasteiger partial charge is 0.227 e. The number of carbonyl (C=O) groups excluding carboxylic acids is 1. The maximum atomic E-state index is 12.7. The largest absolute Gasteiger partial charge is 0.392 e. The Kier molecular flexibility index (Phi) is 5.63. The highest BCUT2D eigenvalue weighted by molar-refractivity contribution is 5.80. The van der Waals surface area contributed by atoms with Crippen molar-refractivity contribution in [1.29, 1.82) is 0 Å². The number of hydrogen-bond acceptors (Lipinski definition) is 4. The molecule has 0 spiro atoms. The molecule has 1 heterocycles. The number of aliphatic hydroxyl groups is 1. The summed E-state index contributed by atoms with van der Waals surface area (Å²) >= 11 is 0. The van der Waals surface area contributed by atoms with Crippen molar-refractivity contribution in [3.05, 3.63) is 0 Å². The lowest BCUT2D eigenvalue weighted by Crippen LogP contribution is -2.57. The molecule has 5 nitrogen and oxygen atoms in total. The van der Waals surface area contributed by atoms with E-state index >= 15 is 0 Å². The molecule has 3 unspecified atom stereocenters. The molecule has 3 N–H and O–H groups in total. The molecule has 3 atom stereocenters. The topological polar surface area (TPSA) is 69.8 Å². The normalized spacial score (nSPS) is 33.0. The lowest BCUT2D eigenvalue weighted by Gasteiger charge is -2.42. The van der Waals surface area contributed by atoms with Crippen LogP contribution in [-0.4, -0.2) is 65.2 Å². The van der Waals surface area contributed by atoms with E-state index in [4.69, 9.17) is 5.73 Å². The SMILES string of the molecule is CCC(O)CN1CCN(C(=O)C2CCCCC2(C)N)CC1. The lowest BCUT2D eigenvalue weighted by atomic mass is 9.74. The molecule has 5 heteroatoms. The number of amides is 1. The summed E-state index contributed by atoms with van der Waals surface area (Å²) in [4.78, 5) is 17.0. The number of nitrogens with two attached hydrogens (primary N) is 1. The van der Waals surface area contributed by atoms with E-state index in [0.29, 0.717) is 0 Å². The fraction of sp³-hybridized carbons (Fsp3) is 0.938. The lowest BCUT2D eigenvalue weighted by molar-refractivity contribution is -0.140. The zero-order valence-corrected chi connectivity index (χ0v) is 13.6. The van der Waals surface area contributed by atoms with Gasteiger partial charge in [-0.2, -0.15) is 0 Å². The van der Waals surface area contributed by atoms with Gasteiger partial charge in [-0.3, -0.25) is 9.69 Å². The van der Waals surface area contributed by atoms with Crippen molar-refractivity contribution in [2.24, 2.45) is 11.7 Å². The molecular weight excluding hydrogens is 266 g/mol. The molecule has 0 aromatic heterocycles. The van der Waals surface area contributed by atoms with E-state index in [2.05, 4.69) is 4.90 Å². The van der Waals surface area contributed by atoms with Crippen molar-refractivity contribution in [3.8, 4) is 0 Å². The number of rotatable bonds is 4. The number of hydrogen-bond donors (Lipinski definition) is 2. The van der Waals surface area contributed by atoms with Crippen molar-refractivity contribution in [2.45, 2.75) is 57.6 Å². The second-order valence-corrected chi connectivity index (χ2v) is 6.99. The third-order valence-corrected chi connectivity index (χ3v) is 5.18. The standard InChI is InChI=1S/C16H31N3O2/c1-3-13(20)12-18-8-10-19(11-9-18)15(21)14-6-4-5-7-16(14,2)17/h13-14,20H,3-12,17H2,1-2H3. The Morgan fingerprint density at radius 1 is 1.33 bits per heavy atom. The maximum absolute atomic E-state index is 12.7. The fourth-order valence-electron chi connectivity index (χ4n) is 3.56. The molecule has 0 aromatic rings. The quantitative estimate of drug-likeness (QED) is 0.805. The molecule has 1 saturated carbocycles. The average Bonchev–Trinajstić information content (AvgIpc) is 2.47. The molecule has 2 aliphatic rings. The first kappa shape index (κ1) is 16.7. The molecular formula is C16H31N3O2. The highest BCUT2D eigenvalue weighted by Gasteiger charge is 2.40. The summed E-state index contributed by atoms with van der Waals surface area (Å²) in [5.74, 6) is 0.231. The summed E-state index contributed by atoms with van der Waals surface area (Å²) in [7, 11) is 0. The molecule has 21 heavy (non-hydrogen) atoms. The van der Waals surface area contributed by atoms with Crippen LogP contribution in [0.25, 0.3) is 0 Å². The molecule has 1 aliphatic heterocycles. The van der Waals surface area contributed by atoms with Gasteiger partial charge in [0.25, 0.3) is 0 Å².